The van der Waals surface area contributed by atoms with Gasteiger partial charge < -0.3 is 5.32 Å². The van der Waals surface area contributed by atoms with E-state index in [1.807, 2.05) is 47.2 Å². The molecule has 0 radical (unpaired) electrons. The highest BCUT2D eigenvalue weighted by Crippen LogP contribution is 2.32. The molecule has 6 nitrogen and oxygen atoms in total. The summed E-state index contributed by atoms with van der Waals surface area (Å²) in [6, 6.07) is 18.4. The molecule has 0 spiro atoms. The first-order valence-corrected chi connectivity index (χ1v) is 12.1. The largest absolute Gasteiger partial charge is 0.301 e. The number of carbonyl (C=O) groups excluding carboxylic acids is 1. The number of amides is 1. The fraction of sp³-hybridized carbons (Fsp3) is 0.250. The fourth-order valence-electron chi connectivity index (χ4n) is 3.17. The van der Waals surface area contributed by atoms with Crippen LogP contribution in [0.2, 0.25) is 0 Å². The third-order valence-electron chi connectivity index (χ3n) is 4.97. The molecule has 32 heavy (non-hydrogen) atoms. The molecular weight excluding hydrogens is 438 g/mol. The van der Waals surface area contributed by atoms with Crippen molar-refractivity contribution in [3.8, 4) is 17.1 Å². The summed E-state index contributed by atoms with van der Waals surface area (Å²) < 4.78 is 2.00. The second-order valence-electron chi connectivity index (χ2n) is 8.39. The number of aromatic nitrogens is 4. The Balaban J connectivity index is 1.66. The number of rotatable bonds is 6. The number of hydrogen-bond acceptors (Lipinski definition) is 6. The minimum Gasteiger partial charge on any atom is -0.301 e. The van der Waals surface area contributed by atoms with Gasteiger partial charge in [-0.1, -0.05) is 75.0 Å². The number of nitrogens with zero attached hydrogens (tertiary/aromatic N) is 4. The van der Waals surface area contributed by atoms with Crippen molar-refractivity contribution in [2.75, 3.05) is 5.32 Å². The molecule has 8 heteroatoms. The summed E-state index contributed by atoms with van der Waals surface area (Å²) in [4.78, 5) is 16.8. The Labute approximate surface area is 196 Å². The van der Waals surface area contributed by atoms with Gasteiger partial charge in [0.25, 0.3) is 0 Å². The Bertz CT molecular complexity index is 1180. The quantitative estimate of drug-likeness (QED) is 0.366. The van der Waals surface area contributed by atoms with E-state index in [1.165, 1.54) is 28.7 Å². The zero-order valence-corrected chi connectivity index (χ0v) is 20.1. The first-order chi connectivity index (χ1) is 15.3. The number of nitrogens with one attached hydrogen (secondary N) is 1. The van der Waals surface area contributed by atoms with Gasteiger partial charge >= 0.3 is 0 Å². The summed E-state index contributed by atoms with van der Waals surface area (Å²) in [5.74, 6) is 0.621. The first kappa shape index (κ1) is 22.2. The molecule has 2 aromatic carbocycles. The minimum absolute atomic E-state index is 0.0762. The zero-order valence-electron chi connectivity index (χ0n) is 18.4. The standard InChI is InChI=1S/C24H25N5OS2/c1-16(21(30)26-22-25-14-15-31-22)32-23-28-27-20(29(23)19-8-6-5-7-9-19)17-10-12-18(13-11-17)24(2,3)4/h5-16H,1-4H3,(H,25,26,30). The summed E-state index contributed by atoms with van der Waals surface area (Å²) in [7, 11) is 0. The Morgan fingerprint density at radius 1 is 1.06 bits per heavy atom. The molecule has 0 aliphatic rings. The summed E-state index contributed by atoms with van der Waals surface area (Å²) in [6.45, 7) is 8.44. The average molecular weight is 464 g/mol. The maximum atomic E-state index is 12.6. The monoisotopic (exact) mass is 463 g/mol. The van der Waals surface area contributed by atoms with E-state index in [2.05, 4.69) is 65.5 Å². The molecule has 1 N–H and O–H groups in total. The van der Waals surface area contributed by atoms with Gasteiger partial charge in [0.1, 0.15) is 0 Å². The SMILES string of the molecule is CC(Sc1nnc(-c2ccc(C(C)(C)C)cc2)n1-c1ccccc1)C(=O)Nc1nccs1. The van der Waals surface area contributed by atoms with Crippen LogP contribution < -0.4 is 5.32 Å². The molecule has 4 aromatic rings. The van der Waals surface area contributed by atoms with E-state index in [9.17, 15) is 4.79 Å². The number of thioether (sulfide) groups is 1. The molecule has 0 aliphatic carbocycles. The smallest absolute Gasteiger partial charge is 0.239 e. The first-order valence-electron chi connectivity index (χ1n) is 10.3. The average Bonchev–Trinajstić information content (AvgIpc) is 3.44. The van der Waals surface area contributed by atoms with E-state index < -0.39 is 0 Å². The van der Waals surface area contributed by atoms with Gasteiger partial charge in [0.05, 0.1) is 5.25 Å². The van der Waals surface area contributed by atoms with Crippen molar-refractivity contribution in [1.29, 1.82) is 0 Å². The lowest BCUT2D eigenvalue weighted by molar-refractivity contribution is -0.115. The number of benzene rings is 2. The summed E-state index contributed by atoms with van der Waals surface area (Å²) >= 11 is 2.77. The normalized spacial score (nSPS) is 12.5. The molecular formula is C24H25N5OS2. The minimum atomic E-state index is -0.373. The molecule has 2 heterocycles. The number of para-hydroxylation sites is 1. The van der Waals surface area contributed by atoms with Gasteiger partial charge in [-0.3, -0.25) is 9.36 Å². The van der Waals surface area contributed by atoms with Crippen LogP contribution in [0.1, 0.15) is 33.3 Å². The van der Waals surface area contributed by atoms with Crippen molar-refractivity contribution in [3.05, 3.63) is 71.7 Å². The van der Waals surface area contributed by atoms with E-state index in [0.717, 1.165) is 17.1 Å². The maximum Gasteiger partial charge on any atom is 0.239 e. The van der Waals surface area contributed by atoms with E-state index >= 15 is 0 Å². The van der Waals surface area contributed by atoms with Gasteiger partial charge in [0.2, 0.25) is 5.91 Å². The second kappa shape index (κ2) is 9.26. The predicted octanol–water partition coefficient (Wildman–Crippen LogP) is 5.81. The van der Waals surface area contributed by atoms with Gasteiger partial charge in [0.15, 0.2) is 16.1 Å². The second-order valence-corrected chi connectivity index (χ2v) is 10.6. The van der Waals surface area contributed by atoms with E-state index in [1.54, 1.807) is 6.20 Å². The third-order valence-corrected chi connectivity index (χ3v) is 6.70. The number of carbonyl (C=O) groups is 1. The molecule has 0 saturated heterocycles. The van der Waals surface area contributed by atoms with Crippen LogP contribution in [-0.4, -0.2) is 30.9 Å². The lowest BCUT2D eigenvalue weighted by atomic mass is 9.87. The molecule has 1 amide bonds. The molecule has 4 rings (SSSR count). The molecule has 0 fully saturated rings. The van der Waals surface area contributed by atoms with E-state index in [4.69, 9.17) is 0 Å². The summed E-state index contributed by atoms with van der Waals surface area (Å²) in [6.07, 6.45) is 1.67. The van der Waals surface area contributed by atoms with Gasteiger partial charge in [-0.15, -0.1) is 21.5 Å². The molecule has 164 valence electrons. The number of thiazole rings is 1. The van der Waals surface area contributed by atoms with Crippen molar-refractivity contribution in [1.82, 2.24) is 19.7 Å². The Kier molecular flexibility index (Phi) is 6.43. The molecule has 0 bridgehead atoms. The lowest BCUT2D eigenvalue weighted by Gasteiger charge is -2.19. The van der Waals surface area contributed by atoms with E-state index in [0.29, 0.717) is 10.3 Å². The number of anilines is 1. The van der Waals surface area contributed by atoms with Crippen molar-refractivity contribution < 1.29 is 4.79 Å². The van der Waals surface area contributed by atoms with Crippen molar-refractivity contribution >= 4 is 34.1 Å². The Hall–Kier alpha value is -2.97. The predicted molar refractivity (Wildman–Crippen MR) is 132 cm³/mol. The zero-order chi connectivity index (χ0) is 22.7. The summed E-state index contributed by atoms with van der Waals surface area (Å²) in [5, 5.41) is 14.5. The highest BCUT2D eigenvalue weighted by Gasteiger charge is 2.23. The van der Waals surface area contributed by atoms with Crippen LogP contribution in [0, 0.1) is 0 Å². The fourth-order valence-corrected chi connectivity index (χ4v) is 4.57. The van der Waals surface area contributed by atoms with Crippen LogP contribution in [0.15, 0.2) is 71.3 Å². The third kappa shape index (κ3) is 4.92. The van der Waals surface area contributed by atoms with Gasteiger partial charge in [0, 0.05) is 22.8 Å². The van der Waals surface area contributed by atoms with Crippen molar-refractivity contribution in [3.63, 3.8) is 0 Å². The Morgan fingerprint density at radius 2 is 1.78 bits per heavy atom. The van der Waals surface area contributed by atoms with Crippen LogP contribution >= 0.6 is 23.1 Å². The van der Waals surface area contributed by atoms with Crippen LogP contribution in [0.5, 0.6) is 0 Å². The van der Waals surface area contributed by atoms with Gasteiger partial charge in [-0.2, -0.15) is 0 Å². The molecule has 0 saturated carbocycles. The van der Waals surface area contributed by atoms with Gasteiger partial charge in [-0.25, -0.2) is 4.98 Å². The van der Waals surface area contributed by atoms with Crippen molar-refractivity contribution in [2.45, 2.75) is 43.5 Å². The highest BCUT2D eigenvalue weighted by atomic mass is 32.2. The number of hydrogen-bond donors (Lipinski definition) is 1. The highest BCUT2D eigenvalue weighted by molar-refractivity contribution is 8.00. The van der Waals surface area contributed by atoms with Crippen LogP contribution in [0.3, 0.4) is 0 Å². The van der Waals surface area contributed by atoms with Crippen LogP contribution in [0.25, 0.3) is 17.1 Å². The maximum absolute atomic E-state index is 12.6. The lowest BCUT2D eigenvalue weighted by Crippen LogP contribution is -2.22. The van der Waals surface area contributed by atoms with E-state index in [-0.39, 0.29) is 16.6 Å². The topological polar surface area (TPSA) is 72.7 Å². The molecule has 1 unspecified atom stereocenters. The molecule has 0 aliphatic heterocycles. The van der Waals surface area contributed by atoms with Crippen LogP contribution in [0.4, 0.5) is 5.13 Å². The Morgan fingerprint density at radius 3 is 2.41 bits per heavy atom. The van der Waals surface area contributed by atoms with Gasteiger partial charge in [-0.05, 0) is 30.0 Å². The van der Waals surface area contributed by atoms with Crippen LogP contribution in [-0.2, 0) is 10.2 Å². The summed E-state index contributed by atoms with van der Waals surface area (Å²) in [5.41, 5.74) is 3.25. The van der Waals surface area contributed by atoms with Crippen molar-refractivity contribution in [2.24, 2.45) is 0 Å². The molecule has 1 atom stereocenters. The molecule has 2 aromatic heterocycles.